The summed E-state index contributed by atoms with van der Waals surface area (Å²) < 4.78 is 5.40. The fraction of sp³-hybridized carbons (Fsp3) is 0.200. The molecule has 0 saturated heterocycles. The summed E-state index contributed by atoms with van der Waals surface area (Å²) in [6, 6.07) is 5.81. The Kier molecular flexibility index (Phi) is 2.68. The third-order valence-corrected chi connectivity index (χ3v) is 3.27. The van der Waals surface area contributed by atoms with Crippen LogP contribution in [0.5, 0.6) is 0 Å². The van der Waals surface area contributed by atoms with Crippen LogP contribution in [-0.2, 0) is 27.4 Å². The van der Waals surface area contributed by atoms with E-state index in [9.17, 15) is 9.59 Å². The molecule has 90 valence electrons. The molecule has 0 saturated carbocycles. The fourth-order valence-electron chi connectivity index (χ4n) is 2.39. The molecule has 1 aliphatic carbocycles. The van der Waals surface area contributed by atoms with Crippen LogP contribution in [-0.4, -0.2) is 18.2 Å². The lowest BCUT2D eigenvalue weighted by Crippen LogP contribution is -2.15. The first kappa shape index (κ1) is 11.1. The van der Waals surface area contributed by atoms with Crippen molar-refractivity contribution in [3.63, 3.8) is 0 Å². The maximum Gasteiger partial charge on any atom is 0.186 e. The molecule has 0 unspecified atom stereocenters. The molecule has 2 aliphatic rings. The highest BCUT2D eigenvalue weighted by Crippen LogP contribution is 2.28. The topological polar surface area (TPSA) is 43.4 Å². The highest BCUT2D eigenvalue weighted by Gasteiger charge is 2.21. The number of hydrogen-bond acceptors (Lipinski definition) is 3. The van der Waals surface area contributed by atoms with E-state index in [-0.39, 0.29) is 11.6 Å². The van der Waals surface area contributed by atoms with Crippen LogP contribution in [0.2, 0.25) is 0 Å². The lowest BCUT2D eigenvalue weighted by atomic mass is 9.88. The van der Waals surface area contributed by atoms with Gasteiger partial charge in [0.2, 0.25) is 0 Å². The Morgan fingerprint density at radius 3 is 2.89 bits per heavy atom. The number of fused-ring (bicyclic) bond motifs is 1. The molecule has 0 aromatic heterocycles. The molecule has 3 nitrogen and oxygen atoms in total. The molecular weight excluding hydrogens is 228 g/mol. The minimum atomic E-state index is -0.130. The van der Waals surface area contributed by atoms with Gasteiger partial charge in [0.25, 0.3) is 0 Å². The van der Waals surface area contributed by atoms with Crippen molar-refractivity contribution >= 4 is 17.1 Å². The predicted octanol–water partition coefficient (Wildman–Crippen LogP) is 1.85. The molecule has 0 bridgehead atoms. The highest BCUT2D eigenvalue weighted by atomic mass is 16.5. The zero-order valence-electron chi connectivity index (χ0n) is 9.81. The number of carbonyl (C=O) groups excluding carboxylic acids is 2. The van der Waals surface area contributed by atoms with Gasteiger partial charge in [0.05, 0.1) is 13.2 Å². The number of carbonyl (C=O) groups is 2. The van der Waals surface area contributed by atoms with Gasteiger partial charge in [0.1, 0.15) is 0 Å². The molecular formula is C15H12O3. The van der Waals surface area contributed by atoms with Crippen molar-refractivity contribution in [2.24, 2.45) is 0 Å². The van der Waals surface area contributed by atoms with E-state index < -0.39 is 0 Å². The summed E-state index contributed by atoms with van der Waals surface area (Å²) in [5, 5.41) is 0. The molecule has 3 rings (SSSR count). The molecule has 0 amide bonds. The Bertz CT molecular complexity index is 594. The second kappa shape index (κ2) is 4.35. The summed E-state index contributed by atoms with van der Waals surface area (Å²) in [5.41, 5.74) is 3.61. The van der Waals surface area contributed by atoms with Gasteiger partial charge in [-0.1, -0.05) is 18.2 Å². The van der Waals surface area contributed by atoms with Gasteiger partial charge in [0.15, 0.2) is 11.6 Å². The van der Waals surface area contributed by atoms with Crippen LogP contribution in [0.25, 0.3) is 5.57 Å². The maximum atomic E-state index is 11.9. The predicted molar refractivity (Wildman–Crippen MR) is 66.9 cm³/mol. The van der Waals surface area contributed by atoms with E-state index in [4.69, 9.17) is 4.74 Å². The lowest BCUT2D eigenvalue weighted by Gasteiger charge is -2.20. The Labute approximate surface area is 105 Å². The van der Waals surface area contributed by atoms with Crippen LogP contribution in [0.1, 0.15) is 16.7 Å². The van der Waals surface area contributed by atoms with E-state index in [0.717, 1.165) is 23.1 Å². The summed E-state index contributed by atoms with van der Waals surface area (Å²) in [5.74, 6) is -0.233. The second-order valence-electron chi connectivity index (χ2n) is 4.40. The SMILES string of the molecule is O=C1C=CC(=O)C(c2cccc3c2CCOC3)=C1. The van der Waals surface area contributed by atoms with Crippen molar-refractivity contribution in [1.82, 2.24) is 0 Å². The minimum Gasteiger partial charge on any atom is -0.376 e. The molecule has 1 heterocycles. The number of benzene rings is 1. The molecule has 0 fully saturated rings. The van der Waals surface area contributed by atoms with Crippen molar-refractivity contribution in [3.8, 4) is 0 Å². The van der Waals surface area contributed by atoms with Gasteiger partial charge in [-0.3, -0.25) is 9.59 Å². The van der Waals surface area contributed by atoms with Gasteiger partial charge < -0.3 is 4.74 Å². The van der Waals surface area contributed by atoms with E-state index in [1.165, 1.54) is 18.2 Å². The molecule has 1 aliphatic heterocycles. The molecule has 1 aromatic rings. The largest absolute Gasteiger partial charge is 0.376 e. The Balaban J connectivity index is 2.12. The van der Waals surface area contributed by atoms with Gasteiger partial charge in [-0.15, -0.1) is 0 Å². The van der Waals surface area contributed by atoms with Crippen LogP contribution in [0.15, 0.2) is 36.4 Å². The number of allylic oxidation sites excluding steroid dienone is 4. The average molecular weight is 240 g/mol. The molecule has 0 atom stereocenters. The zero-order chi connectivity index (χ0) is 12.5. The quantitative estimate of drug-likeness (QED) is 0.704. The first-order chi connectivity index (χ1) is 8.75. The van der Waals surface area contributed by atoms with Crippen LogP contribution in [0, 0.1) is 0 Å². The van der Waals surface area contributed by atoms with Gasteiger partial charge >= 0.3 is 0 Å². The summed E-state index contributed by atoms with van der Waals surface area (Å²) in [6.45, 7) is 1.24. The lowest BCUT2D eigenvalue weighted by molar-refractivity contribution is -0.113. The minimum absolute atomic E-state index is 0.102. The van der Waals surface area contributed by atoms with Gasteiger partial charge in [-0.25, -0.2) is 0 Å². The summed E-state index contributed by atoms with van der Waals surface area (Å²) in [4.78, 5) is 23.3. The third kappa shape index (κ3) is 1.83. The van der Waals surface area contributed by atoms with Crippen molar-refractivity contribution in [3.05, 3.63) is 53.1 Å². The Morgan fingerprint density at radius 1 is 1.11 bits per heavy atom. The molecule has 0 radical (unpaired) electrons. The highest BCUT2D eigenvalue weighted by molar-refractivity contribution is 6.34. The standard InChI is InChI=1S/C15H12O3/c16-11-4-5-15(17)14(8-11)13-3-1-2-10-9-18-7-6-12(10)13/h1-5,8H,6-7,9H2. The first-order valence-electron chi connectivity index (χ1n) is 5.92. The van der Waals surface area contributed by atoms with E-state index >= 15 is 0 Å². The van der Waals surface area contributed by atoms with Crippen molar-refractivity contribution in [2.75, 3.05) is 6.61 Å². The van der Waals surface area contributed by atoms with Crippen LogP contribution >= 0.6 is 0 Å². The fourth-order valence-corrected chi connectivity index (χ4v) is 2.39. The van der Waals surface area contributed by atoms with E-state index in [1.807, 2.05) is 18.2 Å². The smallest absolute Gasteiger partial charge is 0.186 e. The normalized spacial score (nSPS) is 18.6. The number of hydrogen-bond donors (Lipinski definition) is 0. The first-order valence-corrected chi connectivity index (χ1v) is 5.92. The van der Waals surface area contributed by atoms with Crippen molar-refractivity contribution in [1.29, 1.82) is 0 Å². The van der Waals surface area contributed by atoms with Gasteiger partial charge in [-0.05, 0) is 41.3 Å². The molecule has 18 heavy (non-hydrogen) atoms. The van der Waals surface area contributed by atoms with E-state index in [2.05, 4.69) is 0 Å². The molecule has 3 heteroatoms. The van der Waals surface area contributed by atoms with E-state index in [0.29, 0.717) is 18.8 Å². The monoisotopic (exact) mass is 240 g/mol. The average Bonchev–Trinajstić information content (AvgIpc) is 2.41. The van der Waals surface area contributed by atoms with Gasteiger partial charge in [0, 0.05) is 5.57 Å². The van der Waals surface area contributed by atoms with Crippen LogP contribution < -0.4 is 0 Å². The van der Waals surface area contributed by atoms with Crippen molar-refractivity contribution < 1.29 is 14.3 Å². The van der Waals surface area contributed by atoms with Crippen molar-refractivity contribution in [2.45, 2.75) is 13.0 Å². The van der Waals surface area contributed by atoms with Crippen LogP contribution in [0.4, 0.5) is 0 Å². The number of rotatable bonds is 1. The maximum absolute atomic E-state index is 11.9. The summed E-state index contributed by atoms with van der Waals surface area (Å²) >= 11 is 0. The molecule has 0 N–H and O–H groups in total. The number of ether oxygens (including phenoxy) is 1. The zero-order valence-corrected chi connectivity index (χ0v) is 9.81. The van der Waals surface area contributed by atoms with Crippen LogP contribution in [0.3, 0.4) is 0 Å². The van der Waals surface area contributed by atoms with Gasteiger partial charge in [-0.2, -0.15) is 0 Å². The summed E-state index contributed by atoms with van der Waals surface area (Å²) in [6.07, 6.45) is 4.86. The van der Waals surface area contributed by atoms with E-state index in [1.54, 1.807) is 0 Å². The third-order valence-electron chi connectivity index (χ3n) is 3.27. The second-order valence-corrected chi connectivity index (χ2v) is 4.40. The number of ketones is 2. The molecule has 1 aromatic carbocycles. The molecule has 0 spiro atoms. The summed E-state index contributed by atoms with van der Waals surface area (Å²) in [7, 11) is 0. The Hall–Kier alpha value is -2.00. The Morgan fingerprint density at radius 2 is 2.00 bits per heavy atom.